The fraction of sp³-hybridized carbons (Fsp3) is 1.00. The number of hydrogen-bond donors (Lipinski definition) is 1. The third-order valence-electron chi connectivity index (χ3n) is 1.19. The van der Waals surface area contributed by atoms with Gasteiger partial charge in [0.1, 0.15) is 0 Å². The van der Waals surface area contributed by atoms with Gasteiger partial charge in [-0.15, -0.1) is 0 Å². The molecular weight excluding hydrogens is 102 g/mol. The summed E-state index contributed by atoms with van der Waals surface area (Å²) in [6.45, 7) is 0.192. The van der Waals surface area contributed by atoms with Crippen LogP contribution in [0.2, 0.25) is 0 Å². The molecule has 1 saturated heterocycles. The molecular formula is C6H13NO. The van der Waals surface area contributed by atoms with Crippen molar-refractivity contribution in [3.8, 4) is 0 Å². The van der Waals surface area contributed by atoms with Gasteiger partial charge in [0.05, 0.1) is 14.1 Å². The highest BCUT2D eigenvalue weighted by atomic mass is 16.5. The standard InChI is InChI=1S/C6H13NO/c1-5-6(2)8-4-3-7-5/h5-7H,3-4H2,1-2H3/i1D3,6D. The van der Waals surface area contributed by atoms with Gasteiger partial charge in [-0.1, -0.05) is 0 Å². The normalized spacial score (nSPS) is 57.9. The average Bonchev–Trinajstić information content (AvgIpc) is 1.83. The summed E-state index contributed by atoms with van der Waals surface area (Å²) in [7, 11) is 0. The molecule has 2 heteroatoms. The Kier molecular flexibility index (Phi) is 0.822. The van der Waals surface area contributed by atoms with Crippen molar-refractivity contribution < 1.29 is 10.2 Å². The van der Waals surface area contributed by atoms with E-state index in [1.165, 1.54) is 6.92 Å². The van der Waals surface area contributed by atoms with Gasteiger partial charge < -0.3 is 10.1 Å². The molecule has 48 valence electrons. The minimum atomic E-state index is -2.17. The molecule has 1 fully saturated rings. The average molecular weight is 119 g/mol. The second kappa shape index (κ2) is 2.46. The molecule has 1 heterocycles. The van der Waals surface area contributed by atoms with Crippen LogP contribution in [0, 0.1) is 0 Å². The van der Waals surface area contributed by atoms with Crippen LogP contribution < -0.4 is 5.32 Å². The van der Waals surface area contributed by atoms with E-state index < -0.39 is 19.0 Å². The smallest absolute Gasteiger partial charge is 0.0697 e. The first kappa shape index (κ1) is 2.67. The zero-order chi connectivity index (χ0) is 9.41. The Morgan fingerprint density at radius 3 is 3.38 bits per heavy atom. The summed E-state index contributed by atoms with van der Waals surface area (Å²) in [5.41, 5.74) is 0. The first-order valence-corrected chi connectivity index (χ1v) is 2.71. The van der Waals surface area contributed by atoms with Crippen LogP contribution in [0.15, 0.2) is 0 Å². The van der Waals surface area contributed by atoms with Gasteiger partial charge in [-0.05, 0) is 13.8 Å². The molecule has 1 N–H and O–H groups in total. The van der Waals surface area contributed by atoms with Crippen molar-refractivity contribution >= 4 is 0 Å². The van der Waals surface area contributed by atoms with Crippen molar-refractivity contribution in [1.82, 2.24) is 5.32 Å². The van der Waals surface area contributed by atoms with Crippen LogP contribution in [0.3, 0.4) is 0 Å². The summed E-state index contributed by atoms with van der Waals surface area (Å²) < 4.78 is 34.1. The molecule has 0 saturated carbocycles. The van der Waals surface area contributed by atoms with E-state index in [0.29, 0.717) is 13.2 Å². The van der Waals surface area contributed by atoms with Gasteiger partial charge in [0.25, 0.3) is 0 Å². The Morgan fingerprint density at radius 1 is 2.00 bits per heavy atom. The molecule has 1 aliphatic rings. The quantitative estimate of drug-likeness (QED) is 0.498. The molecule has 0 aromatic rings. The second-order valence-electron chi connectivity index (χ2n) is 1.85. The summed E-state index contributed by atoms with van der Waals surface area (Å²) in [5, 5.41) is 2.77. The van der Waals surface area contributed by atoms with E-state index in [1.807, 2.05) is 0 Å². The minimum Gasteiger partial charge on any atom is -0.376 e. The molecule has 0 amide bonds. The number of hydrogen-bond acceptors (Lipinski definition) is 2. The fourth-order valence-electron chi connectivity index (χ4n) is 0.642. The number of nitrogens with one attached hydrogen (secondary N) is 1. The molecule has 0 aromatic carbocycles. The summed E-state index contributed by atoms with van der Waals surface area (Å²) in [4.78, 5) is 0. The number of ether oxygens (including phenoxy) is 1. The van der Waals surface area contributed by atoms with Gasteiger partial charge in [-0.25, -0.2) is 0 Å². The van der Waals surface area contributed by atoms with Crippen LogP contribution in [0.4, 0.5) is 0 Å². The highest BCUT2D eigenvalue weighted by Gasteiger charge is 2.15. The van der Waals surface area contributed by atoms with E-state index in [2.05, 4.69) is 5.32 Å². The minimum absolute atomic E-state index is 0.395. The van der Waals surface area contributed by atoms with Gasteiger partial charge in [0.15, 0.2) is 0 Å². The Bertz CT molecular complexity index is 167. The lowest BCUT2D eigenvalue weighted by Crippen LogP contribution is -2.44. The van der Waals surface area contributed by atoms with Crippen LogP contribution in [-0.2, 0) is 4.74 Å². The second-order valence-corrected chi connectivity index (χ2v) is 1.85. The van der Waals surface area contributed by atoms with Crippen molar-refractivity contribution in [2.24, 2.45) is 0 Å². The highest BCUT2D eigenvalue weighted by Crippen LogP contribution is 2.00. The van der Waals surface area contributed by atoms with Crippen molar-refractivity contribution in [3.05, 3.63) is 0 Å². The van der Waals surface area contributed by atoms with Crippen LogP contribution in [0.1, 0.15) is 19.3 Å². The van der Waals surface area contributed by atoms with Crippen molar-refractivity contribution in [2.45, 2.75) is 25.9 Å². The lowest BCUT2D eigenvalue weighted by atomic mass is 10.2. The molecule has 1 aliphatic heterocycles. The van der Waals surface area contributed by atoms with E-state index in [0.717, 1.165) is 0 Å². The molecule has 0 aliphatic carbocycles. The van der Waals surface area contributed by atoms with Crippen LogP contribution in [0.25, 0.3) is 0 Å². The number of morpholine rings is 1. The Labute approximate surface area is 55.8 Å². The number of rotatable bonds is 0. The van der Waals surface area contributed by atoms with Gasteiger partial charge in [-0.3, -0.25) is 0 Å². The SMILES string of the molecule is [2H]C([2H])([2H])C1NCCOC1([2H])C. The van der Waals surface area contributed by atoms with Gasteiger partial charge >= 0.3 is 0 Å². The maximum atomic E-state index is 7.59. The summed E-state index contributed by atoms with van der Waals surface area (Å²) >= 11 is 0. The van der Waals surface area contributed by atoms with E-state index in [9.17, 15) is 0 Å². The molecule has 0 spiro atoms. The monoisotopic (exact) mass is 119 g/mol. The van der Waals surface area contributed by atoms with Crippen LogP contribution >= 0.6 is 0 Å². The van der Waals surface area contributed by atoms with Crippen LogP contribution in [0.5, 0.6) is 0 Å². The molecule has 0 radical (unpaired) electrons. The summed E-state index contributed by atoms with van der Waals surface area (Å²) in [5.74, 6) is 0. The molecule has 2 atom stereocenters. The fourth-order valence-corrected chi connectivity index (χ4v) is 0.642. The van der Waals surface area contributed by atoms with E-state index >= 15 is 0 Å². The largest absolute Gasteiger partial charge is 0.376 e. The first-order valence-electron chi connectivity index (χ1n) is 4.71. The molecule has 1 rings (SSSR count). The van der Waals surface area contributed by atoms with Crippen LogP contribution in [-0.4, -0.2) is 25.3 Å². The van der Waals surface area contributed by atoms with Gasteiger partial charge in [-0.2, -0.15) is 0 Å². The zero-order valence-electron chi connectivity index (χ0n) is 8.90. The third kappa shape index (κ3) is 1.20. The lowest BCUT2D eigenvalue weighted by molar-refractivity contribution is 0.0135. The first-order chi connectivity index (χ1) is 5.34. The molecule has 0 bridgehead atoms. The maximum Gasteiger partial charge on any atom is 0.0697 e. The Morgan fingerprint density at radius 2 is 2.88 bits per heavy atom. The van der Waals surface area contributed by atoms with Gasteiger partial charge in [0.2, 0.25) is 0 Å². The summed E-state index contributed by atoms with van der Waals surface area (Å²) in [6, 6.07) is -0.890. The molecule has 2 unspecified atom stereocenters. The summed E-state index contributed by atoms with van der Waals surface area (Å²) in [6.07, 6.45) is -1.34. The van der Waals surface area contributed by atoms with E-state index in [4.69, 9.17) is 10.2 Å². The van der Waals surface area contributed by atoms with Gasteiger partial charge in [0, 0.05) is 16.7 Å². The van der Waals surface area contributed by atoms with Crippen molar-refractivity contribution in [1.29, 1.82) is 0 Å². The lowest BCUT2D eigenvalue weighted by Gasteiger charge is -2.26. The van der Waals surface area contributed by atoms with E-state index in [-0.39, 0.29) is 0 Å². The van der Waals surface area contributed by atoms with Crippen molar-refractivity contribution in [3.63, 3.8) is 0 Å². The maximum absolute atomic E-state index is 7.59. The third-order valence-corrected chi connectivity index (χ3v) is 1.19. The Hall–Kier alpha value is -0.0800. The molecule has 8 heavy (non-hydrogen) atoms. The predicted molar refractivity (Wildman–Crippen MR) is 32.9 cm³/mol. The topological polar surface area (TPSA) is 21.3 Å². The Balaban J connectivity index is 2.73. The van der Waals surface area contributed by atoms with E-state index in [1.54, 1.807) is 0 Å². The molecule has 0 aromatic heterocycles. The van der Waals surface area contributed by atoms with Crippen molar-refractivity contribution in [2.75, 3.05) is 13.2 Å². The highest BCUT2D eigenvalue weighted by molar-refractivity contribution is 4.71. The zero-order valence-corrected chi connectivity index (χ0v) is 4.90. The predicted octanol–water partition coefficient (Wildman–Crippen LogP) is 0.383. The molecule has 2 nitrogen and oxygen atoms in total.